The maximum Gasteiger partial charge on any atom is 0.0547 e. The van der Waals surface area contributed by atoms with Crippen LogP contribution in [0.25, 0.3) is 0 Å². The van der Waals surface area contributed by atoms with Gasteiger partial charge in [-0.25, -0.2) is 0 Å². The Kier molecular flexibility index (Phi) is 8.55. The maximum atomic E-state index is 4.59. The van der Waals surface area contributed by atoms with Gasteiger partial charge in [-0.15, -0.1) is 0 Å². The molecule has 1 atom stereocenters. The van der Waals surface area contributed by atoms with Crippen LogP contribution in [0.2, 0.25) is 0 Å². The zero-order valence-corrected chi connectivity index (χ0v) is 14.5. The fourth-order valence-corrected chi connectivity index (χ4v) is 2.42. The maximum absolute atomic E-state index is 4.59. The van der Waals surface area contributed by atoms with Gasteiger partial charge in [0.25, 0.3) is 0 Å². The van der Waals surface area contributed by atoms with Crippen molar-refractivity contribution in [3.63, 3.8) is 0 Å². The van der Waals surface area contributed by atoms with Crippen LogP contribution >= 0.6 is 0 Å². The highest BCUT2D eigenvalue weighted by Gasteiger charge is 2.07. The molecule has 3 nitrogen and oxygen atoms in total. The van der Waals surface area contributed by atoms with Gasteiger partial charge in [0.05, 0.1) is 5.69 Å². The molecule has 0 radical (unpaired) electrons. The van der Waals surface area contributed by atoms with E-state index in [-0.39, 0.29) is 0 Å². The Morgan fingerprint density at radius 2 is 1.95 bits per heavy atom. The number of pyridine rings is 1. The lowest BCUT2D eigenvalue weighted by molar-refractivity contribution is 0.270. The lowest BCUT2D eigenvalue weighted by Gasteiger charge is -2.22. The third-order valence-corrected chi connectivity index (χ3v) is 3.88. The number of hydrogen-bond donors (Lipinski definition) is 1. The molecule has 1 rings (SSSR count). The fraction of sp³-hybridized carbons (Fsp3) is 0.722. The van der Waals surface area contributed by atoms with Crippen molar-refractivity contribution in [1.29, 1.82) is 0 Å². The van der Waals surface area contributed by atoms with Gasteiger partial charge in [0.2, 0.25) is 0 Å². The van der Waals surface area contributed by atoms with E-state index >= 15 is 0 Å². The summed E-state index contributed by atoms with van der Waals surface area (Å²) in [6, 6.07) is 6.88. The molecule has 1 heterocycles. The molecule has 1 N–H and O–H groups in total. The third-order valence-electron chi connectivity index (χ3n) is 3.88. The molecule has 0 aliphatic heterocycles. The van der Waals surface area contributed by atoms with Gasteiger partial charge in [0, 0.05) is 31.4 Å². The van der Waals surface area contributed by atoms with Crippen molar-refractivity contribution in [3.05, 3.63) is 29.6 Å². The topological polar surface area (TPSA) is 28.2 Å². The van der Waals surface area contributed by atoms with Gasteiger partial charge in [-0.3, -0.25) is 9.88 Å². The Hall–Kier alpha value is -0.930. The minimum absolute atomic E-state index is 0.614. The van der Waals surface area contributed by atoms with Crippen molar-refractivity contribution in [1.82, 2.24) is 15.2 Å². The minimum atomic E-state index is 0.614. The number of likely N-dealkylation sites (N-methyl/N-ethyl adjacent to an activating group) is 1. The standard InChI is InChI=1S/C18H33N3/c1-6-21(14-18-9-7-8-17(5)20-18)13-12-19-16(4)11-10-15(2)3/h7-9,15-16,19H,6,10-14H2,1-5H3. The van der Waals surface area contributed by atoms with Gasteiger partial charge in [0.15, 0.2) is 0 Å². The number of aromatic nitrogens is 1. The molecule has 0 saturated heterocycles. The third kappa shape index (κ3) is 8.18. The summed E-state index contributed by atoms with van der Waals surface area (Å²) in [7, 11) is 0. The molecular weight excluding hydrogens is 258 g/mol. The first-order valence-corrected chi connectivity index (χ1v) is 8.39. The Morgan fingerprint density at radius 3 is 2.57 bits per heavy atom. The van der Waals surface area contributed by atoms with Crippen molar-refractivity contribution in [2.24, 2.45) is 5.92 Å². The molecule has 0 saturated carbocycles. The summed E-state index contributed by atoms with van der Waals surface area (Å²) in [5, 5.41) is 3.64. The molecule has 21 heavy (non-hydrogen) atoms. The van der Waals surface area contributed by atoms with Crippen molar-refractivity contribution >= 4 is 0 Å². The van der Waals surface area contributed by atoms with Gasteiger partial charge >= 0.3 is 0 Å². The molecule has 1 unspecified atom stereocenters. The van der Waals surface area contributed by atoms with Gasteiger partial charge < -0.3 is 5.32 Å². The van der Waals surface area contributed by atoms with E-state index < -0.39 is 0 Å². The van der Waals surface area contributed by atoms with Crippen LogP contribution in [0.3, 0.4) is 0 Å². The Balaban J connectivity index is 2.28. The highest BCUT2D eigenvalue weighted by Crippen LogP contribution is 2.06. The van der Waals surface area contributed by atoms with E-state index in [1.807, 2.05) is 0 Å². The van der Waals surface area contributed by atoms with Crippen LogP contribution in [0.15, 0.2) is 18.2 Å². The normalized spacial score (nSPS) is 13.1. The van der Waals surface area contributed by atoms with Gasteiger partial charge in [-0.1, -0.05) is 26.8 Å². The summed E-state index contributed by atoms with van der Waals surface area (Å²) >= 11 is 0. The molecular formula is C18H33N3. The van der Waals surface area contributed by atoms with Crippen molar-refractivity contribution < 1.29 is 0 Å². The second kappa shape index (κ2) is 9.91. The van der Waals surface area contributed by atoms with Gasteiger partial charge in [0.1, 0.15) is 0 Å². The van der Waals surface area contributed by atoms with Crippen molar-refractivity contribution in [2.75, 3.05) is 19.6 Å². The van der Waals surface area contributed by atoms with Crippen LogP contribution in [0.1, 0.15) is 51.9 Å². The predicted octanol–water partition coefficient (Wildman–Crippen LogP) is 3.63. The second-order valence-corrected chi connectivity index (χ2v) is 6.47. The first kappa shape index (κ1) is 18.1. The molecule has 1 aromatic heterocycles. The van der Waals surface area contributed by atoms with Crippen molar-refractivity contribution in [2.45, 2.75) is 60.0 Å². The zero-order valence-electron chi connectivity index (χ0n) is 14.5. The van der Waals surface area contributed by atoms with E-state index in [9.17, 15) is 0 Å². The van der Waals surface area contributed by atoms with Crippen LogP contribution in [-0.4, -0.2) is 35.6 Å². The largest absolute Gasteiger partial charge is 0.313 e. The first-order valence-electron chi connectivity index (χ1n) is 8.39. The lowest BCUT2D eigenvalue weighted by atomic mass is 10.0. The van der Waals surface area contributed by atoms with Gasteiger partial charge in [-0.2, -0.15) is 0 Å². The van der Waals surface area contributed by atoms with Crippen LogP contribution in [-0.2, 0) is 6.54 Å². The van der Waals surface area contributed by atoms with Crippen LogP contribution < -0.4 is 5.32 Å². The summed E-state index contributed by atoms with van der Waals surface area (Å²) in [6.45, 7) is 15.3. The molecule has 0 spiro atoms. The quantitative estimate of drug-likeness (QED) is 0.713. The molecule has 120 valence electrons. The average molecular weight is 291 g/mol. The summed E-state index contributed by atoms with van der Waals surface area (Å²) < 4.78 is 0. The second-order valence-electron chi connectivity index (χ2n) is 6.47. The number of aryl methyl sites for hydroxylation is 1. The molecule has 1 aromatic rings. The first-order chi connectivity index (χ1) is 10.0. The summed E-state index contributed by atoms with van der Waals surface area (Å²) in [6.07, 6.45) is 2.57. The predicted molar refractivity (Wildman–Crippen MR) is 91.5 cm³/mol. The van der Waals surface area contributed by atoms with E-state index in [1.165, 1.54) is 18.5 Å². The Bertz CT molecular complexity index is 390. The van der Waals surface area contributed by atoms with Gasteiger partial charge in [-0.05, 0) is 51.3 Å². The molecule has 0 aromatic carbocycles. The Morgan fingerprint density at radius 1 is 1.19 bits per heavy atom. The zero-order chi connectivity index (χ0) is 15.7. The molecule has 0 amide bonds. The van der Waals surface area contributed by atoms with Crippen LogP contribution in [0, 0.1) is 12.8 Å². The Labute approximate surface area is 131 Å². The van der Waals surface area contributed by atoms with E-state index in [0.29, 0.717) is 6.04 Å². The van der Waals surface area contributed by atoms with E-state index in [2.05, 4.69) is 68.0 Å². The monoisotopic (exact) mass is 291 g/mol. The molecule has 3 heteroatoms. The molecule has 0 aliphatic carbocycles. The van der Waals surface area contributed by atoms with E-state index in [4.69, 9.17) is 0 Å². The fourth-order valence-electron chi connectivity index (χ4n) is 2.42. The molecule has 0 fully saturated rings. The summed E-state index contributed by atoms with van der Waals surface area (Å²) in [5.74, 6) is 0.800. The molecule has 0 bridgehead atoms. The average Bonchev–Trinajstić information content (AvgIpc) is 2.44. The lowest BCUT2D eigenvalue weighted by Crippen LogP contribution is -2.36. The van der Waals surface area contributed by atoms with E-state index in [1.54, 1.807) is 0 Å². The smallest absolute Gasteiger partial charge is 0.0547 e. The highest BCUT2D eigenvalue weighted by molar-refractivity contribution is 5.09. The van der Waals surface area contributed by atoms with Crippen LogP contribution in [0.5, 0.6) is 0 Å². The van der Waals surface area contributed by atoms with E-state index in [0.717, 1.165) is 37.8 Å². The number of hydrogen-bond acceptors (Lipinski definition) is 3. The number of nitrogens with zero attached hydrogens (tertiary/aromatic N) is 2. The summed E-state index contributed by atoms with van der Waals surface area (Å²) in [5.41, 5.74) is 2.27. The highest BCUT2D eigenvalue weighted by atomic mass is 15.1. The van der Waals surface area contributed by atoms with Crippen LogP contribution in [0.4, 0.5) is 0 Å². The number of rotatable bonds is 10. The summed E-state index contributed by atoms with van der Waals surface area (Å²) in [4.78, 5) is 7.04. The SMILES string of the molecule is CCN(CCNC(C)CCC(C)C)Cc1cccc(C)n1. The molecule has 0 aliphatic rings. The minimum Gasteiger partial charge on any atom is -0.313 e. The number of nitrogens with one attached hydrogen (secondary N) is 1. The van der Waals surface area contributed by atoms with Crippen molar-refractivity contribution in [3.8, 4) is 0 Å².